The van der Waals surface area contributed by atoms with Gasteiger partial charge in [0.25, 0.3) is 0 Å². The Morgan fingerprint density at radius 1 is 1.16 bits per heavy atom. The van der Waals surface area contributed by atoms with Gasteiger partial charge in [-0.15, -0.1) is 0 Å². The highest BCUT2D eigenvalue weighted by atomic mass is 16.6. The Morgan fingerprint density at radius 3 is 2.76 bits per heavy atom. The molecule has 0 spiro atoms. The molecular weight excluding hydrogens is 322 g/mol. The summed E-state index contributed by atoms with van der Waals surface area (Å²) in [7, 11) is 1.39. The number of hydrogen-bond acceptors (Lipinski definition) is 6. The third kappa shape index (κ3) is 4.48. The average molecular weight is 341 g/mol. The van der Waals surface area contributed by atoms with Gasteiger partial charge in [-0.2, -0.15) is 4.68 Å². The van der Waals surface area contributed by atoms with Crippen LogP contribution in [-0.2, 0) is 11.3 Å². The fourth-order valence-corrected chi connectivity index (χ4v) is 2.29. The Hall–Kier alpha value is -3.06. The van der Waals surface area contributed by atoms with Gasteiger partial charge in [-0.25, -0.2) is 4.79 Å². The Morgan fingerprint density at radius 2 is 2.00 bits per heavy atom. The van der Waals surface area contributed by atoms with Crippen LogP contribution in [0.3, 0.4) is 0 Å². The molecule has 0 aliphatic rings. The van der Waals surface area contributed by atoms with Gasteiger partial charge in [0, 0.05) is 12.2 Å². The molecular formula is C18H19N3O4. The van der Waals surface area contributed by atoms with Crippen molar-refractivity contribution in [2.45, 2.75) is 6.61 Å². The lowest BCUT2D eigenvalue weighted by molar-refractivity contribution is 0.130. The molecule has 130 valence electrons. The van der Waals surface area contributed by atoms with E-state index in [0.717, 1.165) is 15.9 Å². The van der Waals surface area contributed by atoms with Crippen LogP contribution in [0.1, 0.15) is 5.56 Å². The molecule has 1 aromatic heterocycles. The molecule has 7 heteroatoms. The van der Waals surface area contributed by atoms with E-state index in [0.29, 0.717) is 25.4 Å². The van der Waals surface area contributed by atoms with Crippen LogP contribution in [0.15, 0.2) is 63.8 Å². The second-order valence-corrected chi connectivity index (χ2v) is 5.27. The predicted octanol–water partition coefficient (Wildman–Crippen LogP) is 2.46. The first kappa shape index (κ1) is 16.8. The summed E-state index contributed by atoms with van der Waals surface area (Å²) >= 11 is 0. The molecule has 0 radical (unpaired) electrons. The average Bonchev–Trinajstić information content (AvgIpc) is 3.03. The zero-order valence-corrected chi connectivity index (χ0v) is 13.8. The number of nitrogens with zero attached hydrogens (tertiary/aromatic N) is 2. The minimum absolute atomic E-state index is 0.0716. The SMILES string of the molecule is COc1nn(-c2cccc(NCCOCc3ccccc3)c2)c(=O)o1. The van der Waals surface area contributed by atoms with Gasteiger partial charge in [-0.3, -0.25) is 0 Å². The number of ether oxygens (including phenoxy) is 2. The van der Waals surface area contributed by atoms with E-state index in [9.17, 15) is 4.79 Å². The first-order valence-corrected chi connectivity index (χ1v) is 7.86. The summed E-state index contributed by atoms with van der Waals surface area (Å²) in [5.41, 5.74) is 2.59. The molecule has 1 N–H and O–H groups in total. The molecule has 0 unspecified atom stereocenters. The number of nitrogens with one attached hydrogen (secondary N) is 1. The van der Waals surface area contributed by atoms with Gasteiger partial charge in [-0.05, 0) is 23.8 Å². The van der Waals surface area contributed by atoms with Crippen LogP contribution < -0.4 is 15.8 Å². The molecule has 0 aliphatic heterocycles. The fourth-order valence-electron chi connectivity index (χ4n) is 2.29. The van der Waals surface area contributed by atoms with Gasteiger partial charge in [0.1, 0.15) is 0 Å². The molecule has 2 aromatic carbocycles. The number of hydrogen-bond donors (Lipinski definition) is 1. The Labute approximate surface area is 144 Å². The maximum absolute atomic E-state index is 11.8. The maximum atomic E-state index is 11.8. The van der Waals surface area contributed by atoms with Crippen molar-refractivity contribution in [2.24, 2.45) is 0 Å². The van der Waals surface area contributed by atoms with E-state index >= 15 is 0 Å². The van der Waals surface area contributed by atoms with Crippen LogP contribution in [-0.4, -0.2) is 30.0 Å². The second-order valence-electron chi connectivity index (χ2n) is 5.27. The van der Waals surface area contributed by atoms with E-state index in [1.807, 2.05) is 42.5 Å². The van der Waals surface area contributed by atoms with E-state index < -0.39 is 5.76 Å². The van der Waals surface area contributed by atoms with Crippen LogP contribution >= 0.6 is 0 Å². The van der Waals surface area contributed by atoms with Crippen LogP contribution in [0.25, 0.3) is 5.69 Å². The molecule has 0 atom stereocenters. The van der Waals surface area contributed by atoms with Gasteiger partial charge in [-0.1, -0.05) is 41.5 Å². The molecule has 25 heavy (non-hydrogen) atoms. The summed E-state index contributed by atoms with van der Waals surface area (Å²) < 4.78 is 16.5. The molecule has 0 fully saturated rings. The lowest BCUT2D eigenvalue weighted by atomic mass is 10.2. The second kappa shape index (κ2) is 8.16. The normalized spacial score (nSPS) is 10.6. The minimum atomic E-state index is -0.597. The molecule has 0 aliphatic carbocycles. The van der Waals surface area contributed by atoms with Crippen LogP contribution in [0.5, 0.6) is 6.08 Å². The van der Waals surface area contributed by atoms with Gasteiger partial charge in [0.2, 0.25) is 0 Å². The highest BCUT2D eigenvalue weighted by Crippen LogP contribution is 2.14. The Kier molecular flexibility index (Phi) is 5.48. The summed E-state index contributed by atoms with van der Waals surface area (Å²) in [6.07, 6.45) is -0.0716. The van der Waals surface area contributed by atoms with Crippen molar-refractivity contribution in [1.29, 1.82) is 0 Å². The summed E-state index contributed by atoms with van der Waals surface area (Å²) in [6.45, 7) is 1.79. The van der Waals surface area contributed by atoms with Crippen molar-refractivity contribution >= 4 is 5.69 Å². The minimum Gasteiger partial charge on any atom is -0.452 e. The summed E-state index contributed by atoms with van der Waals surface area (Å²) in [5, 5.41) is 7.20. The van der Waals surface area contributed by atoms with Crippen molar-refractivity contribution in [1.82, 2.24) is 9.78 Å². The quantitative estimate of drug-likeness (QED) is 0.634. The van der Waals surface area contributed by atoms with E-state index in [1.165, 1.54) is 7.11 Å². The number of benzene rings is 2. The molecule has 3 rings (SSSR count). The number of rotatable bonds is 8. The molecule has 0 saturated carbocycles. The molecule has 1 heterocycles. The monoisotopic (exact) mass is 341 g/mol. The zero-order valence-electron chi connectivity index (χ0n) is 13.8. The van der Waals surface area contributed by atoms with Gasteiger partial charge in [0.15, 0.2) is 0 Å². The summed E-state index contributed by atoms with van der Waals surface area (Å²) in [6, 6.07) is 17.3. The van der Waals surface area contributed by atoms with Crippen molar-refractivity contribution in [3.8, 4) is 11.8 Å². The first-order chi connectivity index (χ1) is 12.3. The number of aromatic nitrogens is 2. The third-order valence-corrected chi connectivity index (χ3v) is 3.48. The highest BCUT2D eigenvalue weighted by molar-refractivity contribution is 5.50. The lowest BCUT2D eigenvalue weighted by Crippen LogP contribution is -2.14. The predicted molar refractivity (Wildman–Crippen MR) is 93.2 cm³/mol. The van der Waals surface area contributed by atoms with E-state index in [-0.39, 0.29) is 6.08 Å². The summed E-state index contributed by atoms with van der Waals surface area (Å²) in [5.74, 6) is -0.597. The van der Waals surface area contributed by atoms with Crippen LogP contribution in [0, 0.1) is 0 Å². The van der Waals surface area contributed by atoms with E-state index in [2.05, 4.69) is 10.4 Å². The largest absolute Gasteiger partial charge is 0.452 e. The van der Waals surface area contributed by atoms with Gasteiger partial charge < -0.3 is 19.2 Å². The van der Waals surface area contributed by atoms with Crippen molar-refractivity contribution in [2.75, 3.05) is 25.6 Å². The molecule has 0 amide bonds. The van der Waals surface area contributed by atoms with E-state index in [1.54, 1.807) is 12.1 Å². The zero-order chi connectivity index (χ0) is 17.5. The standard InChI is InChI=1S/C18H19N3O4/c1-23-17-20-21(18(22)25-17)16-9-5-8-15(12-16)19-10-11-24-13-14-6-3-2-4-7-14/h2-9,12,19H,10-11,13H2,1H3. The topological polar surface area (TPSA) is 78.5 Å². The Balaban J connectivity index is 1.53. The first-order valence-electron chi connectivity index (χ1n) is 7.86. The van der Waals surface area contributed by atoms with Crippen molar-refractivity contribution in [3.63, 3.8) is 0 Å². The van der Waals surface area contributed by atoms with Crippen LogP contribution in [0.2, 0.25) is 0 Å². The molecule has 3 aromatic rings. The van der Waals surface area contributed by atoms with Crippen molar-refractivity contribution < 1.29 is 13.9 Å². The lowest BCUT2D eigenvalue weighted by Gasteiger charge is -2.08. The fraction of sp³-hybridized carbons (Fsp3) is 0.222. The van der Waals surface area contributed by atoms with Crippen LogP contribution in [0.4, 0.5) is 5.69 Å². The number of methoxy groups -OCH3 is 1. The summed E-state index contributed by atoms with van der Waals surface area (Å²) in [4.78, 5) is 11.8. The van der Waals surface area contributed by atoms with Gasteiger partial charge >= 0.3 is 11.8 Å². The third-order valence-electron chi connectivity index (χ3n) is 3.48. The maximum Gasteiger partial charge on any atom is 0.444 e. The highest BCUT2D eigenvalue weighted by Gasteiger charge is 2.10. The van der Waals surface area contributed by atoms with E-state index in [4.69, 9.17) is 13.9 Å². The van der Waals surface area contributed by atoms with Gasteiger partial charge in [0.05, 0.1) is 26.0 Å². The number of anilines is 1. The van der Waals surface area contributed by atoms with Crippen molar-refractivity contribution in [3.05, 3.63) is 70.7 Å². The molecule has 0 bridgehead atoms. The smallest absolute Gasteiger partial charge is 0.444 e. The molecule has 0 saturated heterocycles. The molecule has 7 nitrogen and oxygen atoms in total. The Bertz CT molecular complexity index is 858.